The Morgan fingerprint density at radius 2 is 1.90 bits per heavy atom. The van der Waals surface area contributed by atoms with Crippen LogP contribution in [0.2, 0.25) is 0 Å². The summed E-state index contributed by atoms with van der Waals surface area (Å²) in [5.41, 5.74) is 1.42. The molecule has 1 aromatic rings. The highest BCUT2D eigenvalue weighted by Crippen LogP contribution is 2.42. The Balaban J connectivity index is 1.84. The maximum Gasteiger partial charge on any atom is 0.185 e. The summed E-state index contributed by atoms with van der Waals surface area (Å²) in [7, 11) is 2.02. The lowest BCUT2D eigenvalue weighted by molar-refractivity contribution is 0.494. The third-order valence-electron chi connectivity index (χ3n) is 4.73. The van der Waals surface area contributed by atoms with Crippen LogP contribution < -0.4 is 10.2 Å². The summed E-state index contributed by atoms with van der Waals surface area (Å²) >= 11 is 1.90. The molecule has 3 rings (SSSR count). The zero-order valence-corrected chi connectivity index (χ0v) is 14.0. The minimum atomic E-state index is 0.135. The van der Waals surface area contributed by atoms with Gasteiger partial charge in [-0.25, -0.2) is 4.98 Å². The van der Waals surface area contributed by atoms with Crippen LogP contribution in [-0.4, -0.2) is 25.1 Å². The van der Waals surface area contributed by atoms with Crippen molar-refractivity contribution >= 4 is 16.5 Å². The average molecular weight is 293 g/mol. The van der Waals surface area contributed by atoms with E-state index in [0.29, 0.717) is 0 Å². The van der Waals surface area contributed by atoms with Gasteiger partial charge in [-0.05, 0) is 31.7 Å². The first-order chi connectivity index (χ1) is 9.49. The molecule has 1 aliphatic carbocycles. The van der Waals surface area contributed by atoms with E-state index < -0.39 is 0 Å². The van der Waals surface area contributed by atoms with Gasteiger partial charge in [-0.2, -0.15) is 0 Å². The molecule has 112 valence electrons. The Kier molecular flexibility index (Phi) is 3.80. The van der Waals surface area contributed by atoms with Crippen LogP contribution in [-0.2, 0) is 12.0 Å². The van der Waals surface area contributed by atoms with E-state index in [-0.39, 0.29) is 5.41 Å². The molecule has 1 aliphatic heterocycles. The van der Waals surface area contributed by atoms with E-state index in [4.69, 9.17) is 4.98 Å². The van der Waals surface area contributed by atoms with Gasteiger partial charge in [0.1, 0.15) is 0 Å². The van der Waals surface area contributed by atoms with Gasteiger partial charge in [0.2, 0.25) is 0 Å². The molecule has 2 fully saturated rings. The van der Waals surface area contributed by atoms with Crippen molar-refractivity contribution in [1.29, 1.82) is 0 Å². The van der Waals surface area contributed by atoms with Gasteiger partial charge in [0.25, 0.3) is 0 Å². The normalized spacial score (nSPS) is 26.3. The summed E-state index contributed by atoms with van der Waals surface area (Å²) in [6.07, 6.45) is 4.31. The van der Waals surface area contributed by atoms with Crippen molar-refractivity contribution in [2.45, 2.75) is 52.0 Å². The van der Waals surface area contributed by atoms with Crippen molar-refractivity contribution in [2.75, 3.05) is 25.0 Å². The van der Waals surface area contributed by atoms with Crippen molar-refractivity contribution in [3.05, 3.63) is 10.6 Å². The Hall–Kier alpha value is -0.610. The predicted molar refractivity (Wildman–Crippen MR) is 86.6 cm³/mol. The highest BCUT2D eigenvalue weighted by atomic mass is 32.1. The molecule has 2 heterocycles. The maximum absolute atomic E-state index is 5.01. The van der Waals surface area contributed by atoms with Crippen molar-refractivity contribution in [3.63, 3.8) is 0 Å². The predicted octanol–water partition coefficient (Wildman–Crippen LogP) is 3.40. The Labute approximate surface area is 126 Å². The average Bonchev–Trinajstić information content (AvgIpc) is 2.98. The number of thiazole rings is 1. The maximum atomic E-state index is 5.01. The first kappa shape index (κ1) is 14.3. The Bertz CT molecular complexity index is 463. The molecular weight excluding hydrogens is 266 g/mol. The molecule has 0 spiro atoms. The highest BCUT2D eigenvalue weighted by molar-refractivity contribution is 7.15. The minimum absolute atomic E-state index is 0.135. The Morgan fingerprint density at radius 1 is 1.25 bits per heavy atom. The number of fused-ring (bicyclic) bond motifs is 1. The zero-order valence-electron chi connectivity index (χ0n) is 13.2. The van der Waals surface area contributed by atoms with E-state index in [1.165, 1.54) is 48.1 Å². The number of aromatic nitrogens is 1. The number of hydrogen-bond donors (Lipinski definition) is 1. The largest absolute Gasteiger partial charge is 0.348 e. The van der Waals surface area contributed by atoms with Crippen molar-refractivity contribution in [1.82, 2.24) is 10.3 Å². The molecule has 1 aromatic heterocycles. The first-order valence-electron chi connectivity index (χ1n) is 7.88. The lowest BCUT2D eigenvalue weighted by Gasteiger charge is -2.18. The Morgan fingerprint density at radius 3 is 2.45 bits per heavy atom. The highest BCUT2D eigenvalue weighted by Gasteiger charge is 2.37. The number of anilines is 1. The van der Waals surface area contributed by atoms with Gasteiger partial charge in [0, 0.05) is 29.9 Å². The zero-order chi connectivity index (χ0) is 14.3. The SMILES string of the molecule is CNCc1sc(N2CC3CCCC3C2)nc1C(C)(C)C. The van der Waals surface area contributed by atoms with Gasteiger partial charge in [0.15, 0.2) is 5.13 Å². The molecule has 0 amide bonds. The molecule has 20 heavy (non-hydrogen) atoms. The van der Waals surface area contributed by atoms with Gasteiger partial charge >= 0.3 is 0 Å². The molecular formula is C16H27N3S. The summed E-state index contributed by atoms with van der Waals surface area (Å²) in [4.78, 5) is 8.97. The molecule has 2 atom stereocenters. The van der Waals surface area contributed by atoms with Crippen molar-refractivity contribution in [2.24, 2.45) is 11.8 Å². The van der Waals surface area contributed by atoms with Gasteiger partial charge < -0.3 is 10.2 Å². The van der Waals surface area contributed by atoms with Crippen LogP contribution in [0.3, 0.4) is 0 Å². The first-order valence-corrected chi connectivity index (χ1v) is 8.70. The fraction of sp³-hybridized carbons (Fsp3) is 0.812. The lowest BCUT2D eigenvalue weighted by atomic mass is 9.91. The van der Waals surface area contributed by atoms with E-state index in [0.717, 1.165) is 18.4 Å². The van der Waals surface area contributed by atoms with Crippen LogP contribution >= 0.6 is 11.3 Å². The summed E-state index contributed by atoms with van der Waals surface area (Å²) in [5.74, 6) is 1.87. The number of rotatable bonds is 3. The van der Waals surface area contributed by atoms with Crippen LogP contribution in [0.4, 0.5) is 5.13 Å². The van der Waals surface area contributed by atoms with Crippen molar-refractivity contribution < 1.29 is 0 Å². The van der Waals surface area contributed by atoms with Gasteiger partial charge in [0.05, 0.1) is 5.69 Å². The van der Waals surface area contributed by atoms with E-state index >= 15 is 0 Å². The van der Waals surface area contributed by atoms with Crippen LogP contribution in [0.1, 0.15) is 50.6 Å². The third kappa shape index (κ3) is 2.60. The molecule has 1 saturated heterocycles. The lowest BCUT2D eigenvalue weighted by Crippen LogP contribution is -2.21. The monoisotopic (exact) mass is 293 g/mol. The summed E-state index contributed by atoms with van der Waals surface area (Å²) < 4.78 is 0. The fourth-order valence-corrected chi connectivity index (χ4v) is 5.03. The second-order valence-corrected chi connectivity index (χ2v) is 8.47. The van der Waals surface area contributed by atoms with Crippen molar-refractivity contribution in [3.8, 4) is 0 Å². The quantitative estimate of drug-likeness (QED) is 0.926. The van der Waals surface area contributed by atoms with E-state index in [1.807, 2.05) is 18.4 Å². The van der Waals surface area contributed by atoms with E-state index in [9.17, 15) is 0 Å². The molecule has 2 unspecified atom stereocenters. The number of hydrogen-bond acceptors (Lipinski definition) is 4. The van der Waals surface area contributed by atoms with Crippen LogP contribution in [0.25, 0.3) is 0 Å². The van der Waals surface area contributed by atoms with Gasteiger partial charge in [-0.1, -0.05) is 27.2 Å². The molecule has 1 saturated carbocycles. The molecule has 3 nitrogen and oxygen atoms in total. The topological polar surface area (TPSA) is 28.2 Å². The second-order valence-electron chi connectivity index (χ2n) is 7.40. The molecule has 0 radical (unpaired) electrons. The molecule has 0 aromatic carbocycles. The minimum Gasteiger partial charge on any atom is -0.348 e. The molecule has 4 heteroatoms. The summed E-state index contributed by atoms with van der Waals surface area (Å²) in [6, 6.07) is 0. The van der Waals surface area contributed by atoms with Gasteiger partial charge in [-0.15, -0.1) is 11.3 Å². The molecule has 2 aliphatic rings. The fourth-order valence-electron chi connectivity index (χ4n) is 3.73. The van der Waals surface area contributed by atoms with E-state index in [2.05, 4.69) is 31.0 Å². The van der Waals surface area contributed by atoms with Crippen LogP contribution in [0.15, 0.2) is 0 Å². The van der Waals surface area contributed by atoms with E-state index in [1.54, 1.807) is 0 Å². The number of nitrogens with zero attached hydrogens (tertiary/aromatic N) is 2. The smallest absolute Gasteiger partial charge is 0.185 e. The number of nitrogens with one attached hydrogen (secondary N) is 1. The standard InChI is InChI=1S/C16H27N3S/c1-16(2,3)14-13(8-17-4)20-15(18-14)19-9-11-6-5-7-12(11)10-19/h11-12,17H,5-10H2,1-4H3. The third-order valence-corrected chi connectivity index (χ3v) is 5.85. The summed E-state index contributed by atoms with van der Waals surface area (Å²) in [6.45, 7) is 10.2. The van der Waals surface area contributed by atoms with Crippen LogP contribution in [0, 0.1) is 11.8 Å². The molecule has 1 N–H and O–H groups in total. The summed E-state index contributed by atoms with van der Waals surface area (Å²) in [5, 5.41) is 4.55. The molecule has 0 bridgehead atoms. The second kappa shape index (κ2) is 5.30. The van der Waals surface area contributed by atoms with Gasteiger partial charge in [-0.3, -0.25) is 0 Å². The van der Waals surface area contributed by atoms with Crippen LogP contribution in [0.5, 0.6) is 0 Å².